The first-order valence-electron chi connectivity index (χ1n) is 13.3. The third-order valence-corrected chi connectivity index (χ3v) is 8.35. The topological polar surface area (TPSA) is 91.0 Å². The summed E-state index contributed by atoms with van der Waals surface area (Å²) in [6, 6.07) is 25.2. The molecule has 2 saturated heterocycles. The van der Waals surface area contributed by atoms with Crippen LogP contribution in [0.5, 0.6) is 5.75 Å². The molecule has 196 valence electrons. The fourth-order valence-electron chi connectivity index (χ4n) is 5.85. The van der Waals surface area contributed by atoms with Gasteiger partial charge in [-0.05, 0) is 72.9 Å². The number of nitriles is 1. The number of phenols is 1. The average molecular weight is 511 g/mol. The Balaban J connectivity index is 1.20. The summed E-state index contributed by atoms with van der Waals surface area (Å²) in [5, 5.41) is 28.9. The maximum atomic E-state index is 12.6. The van der Waals surface area contributed by atoms with Crippen molar-refractivity contribution in [3.63, 3.8) is 0 Å². The van der Waals surface area contributed by atoms with E-state index in [1.54, 1.807) is 12.1 Å². The second-order valence-electron chi connectivity index (χ2n) is 10.4. The summed E-state index contributed by atoms with van der Waals surface area (Å²) in [6.45, 7) is 7.17. The minimum atomic E-state index is -1.09. The number of carbonyl (C=O) groups is 1. The molecule has 0 amide bonds. The lowest BCUT2D eigenvalue weighted by Gasteiger charge is -2.47. The van der Waals surface area contributed by atoms with E-state index in [-0.39, 0.29) is 5.75 Å². The van der Waals surface area contributed by atoms with Crippen molar-refractivity contribution in [2.45, 2.75) is 31.3 Å². The number of aliphatic carboxylic acids is 1. The van der Waals surface area contributed by atoms with Crippen molar-refractivity contribution in [2.24, 2.45) is 0 Å². The molecule has 2 fully saturated rings. The summed E-state index contributed by atoms with van der Waals surface area (Å²) in [6.07, 6.45) is 1.90. The van der Waals surface area contributed by atoms with Gasteiger partial charge in [-0.1, -0.05) is 36.4 Å². The lowest BCUT2D eigenvalue weighted by molar-refractivity contribution is -0.152. The lowest BCUT2D eigenvalue weighted by Crippen LogP contribution is -2.57. The molecule has 5 rings (SSSR count). The molecular formula is C31H34N4O3. The van der Waals surface area contributed by atoms with Gasteiger partial charge in [0, 0.05) is 51.0 Å². The van der Waals surface area contributed by atoms with E-state index in [0.29, 0.717) is 11.6 Å². The van der Waals surface area contributed by atoms with Gasteiger partial charge in [0.15, 0.2) is 0 Å². The van der Waals surface area contributed by atoms with Crippen molar-refractivity contribution in [2.75, 3.05) is 44.2 Å². The van der Waals surface area contributed by atoms with Crippen LogP contribution in [0.25, 0.3) is 11.1 Å². The number of rotatable bonds is 6. The van der Waals surface area contributed by atoms with Crippen molar-refractivity contribution >= 4 is 11.7 Å². The van der Waals surface area contributed by atoms with Gasteiger partial charge in [0.1, 0.15) is 11.3 Å². The van der Waals surface area contributed by atoms with E-state index in [9.17, 15) is 15.0 Å². The first kappa shape index (κ1) is 25.8. The van der Waals surface area contributed by atoms with E-state index in [0.717, 1.165) is 74.5 Å². The van der Waals surface area contributed by atoms with Crippen molar-refractivity contribution in [1.82, 2.24) is 9.80 Å². The molecule has 0 saturated carbocycles. The Bertz CT molecular complexity index is 1280. The third kappa shape index (κ3) is 5.10. The number of piperidine rings is 1. The van der Waals surface area contributed by atoms with Crippen LogP contribution < -0.4 is 4.90 Å². The van der Waals surface area contributed by atoms with Crippen LogP contribution in [0.3, 0.4) is 0 Å². The molecule has 0 spiro atoms. The molecule has 2 aliphatic heterocycles. The number of carboxylic acids is 1. The summed E-state index contributed by atoms with van der Waals surface area (Å²) >= 11 is 0. The van der Waals surface area contributed by atoms with Gasteiger partial charge in [0.2, 0.25) is 0 Å². The van der Waals surface area contributed by atoms with E-state index in [1.165, 1.54) is 0 Å². The summed E-state index contributed by atoms with van der Waals surface area (Å²) in [7, 11) is 0. The Labute approximate surface area is 224 Å². The van der Waals surface area contributed by atoms with Crippen molar-refractivity contribution in [1.29, 1.82) is 5.26 Å². The maximum Gasteiger partial charge on any atom is 0.328 e. The number of phenolic OH excluding ortho intramolecular Hbond substituents is 1. The van der Waals surface area contributed by atoms with E-state index in [1.807, 2.05) is 67.6 Å². The van der Waals surface area contributed by atoms with Gasteiger partial charge in [0.05, 0.1) is 11.6 Å². The van der Waals surface area contributed by atoms with Gasteiger partial charge in [0.25, 0.3) is 0 Å². The highest BCUT2D eigenvalue weighted by Gasteiger charge is 2.43. The number of aromatic hydroxyl groups is 1. The molecule has 2 N–H and O–H groups in total. The molecule has 0 aliphatic carbocycles. The van der Waals surface area contributed by atoms with Gasteiger partial charge >= 0.3 is 5.97 Å². The second-order valence-corrected chi connectivity index (χ2v) is 10.4. The van der Waals surface area contributed by atoms with Crippen LogP contribution in [0.15, 0.2) is 72.8 Å². The standard InChI is InChI=1S/C31H34N4O3/c1-31(30(37)38,26-8-4-24(5-9-26)25-6-12-29(36)13-7-25)35-16-14-28(15-17-35)34-20-18-33(19-21-34)27-10-2-23(22-32)3-11-27/h2-13,28,36H,14-21H2,1H3,(H,37,38). The Morgan fingerprint density at radius 1 is 0.842 bits per heavy atom. The number of hydrogen-bond donors (Lipinski definition) is 2. The molecule has 0 bridgehead atoms. The molecule has 0 aromatic heterocycles. The summed E-state index contributed by atoms with van der Waals surface area (Å²) in [5.74, 6) is -0.607. The van der Waals surface area contributed by atoms with E-state index < -0.39 is 11.5 Å². The van der Waals surface area contributed by atoms with Crippen molar-refractivity contribution < 1.29 is 15.0 Å². The minimum absolute atomic E-state index is 0.223. The number of anilines is 1. The first-order valence-corrected chi connectivity index (χ1v) is 13.3. The lowest BCUT2D eigenvalue weighted by atomic mass is 9.86. The molecule has 0 radical (unpaired) electrons. The Morgan fingerprint density at radius 3 is 1.92 bits per heavy atom. The predicted molar refractivity (Wildman–Crippen MR) is 148 cm³/mol. The third-order valence-electron chi connectivity index (χ3n) is 8.35. The molecule has 2 heterocycles. The van der Waals surface area contributed by atoms with Gasteiger partial charge in [-0.2, -0.15) is 5.26 Å². The summed E-state index contributed by atoms with van der Waals surface area (Å²) < 4.78 is 0. The first-order chi connectivity index (χ1) is 18.4. The fraction of sp³-hybridized carbons (Fsp3) is 0.355. The second kappa shape index (κ2) is 10.9. The highest BCUT2D eigenvalue weighted by molar-refractivity contribution is 5.81. The van der Waals surface area contributed by atoms with Crippen LogP contribution in [0.1, 0.15) is 30.9 Å². The molecule has 38 heavy (non-hydrogen) atoms. The fourth-order valence-corrected chi connectivity index (χ4v) is 5.85. The van der Waals surface area contributed by atoms with Crippen molar-refractivity contribution in [3.8, 4) is 22.9 Å². The molecule has 3 aromatic rings. The van der Waals surface area contributed by atoms with E-state index >= 15 is 0 Å². The zero-order chi connectivity index (χ0) is 26.7. The number of carboxylic acid groups (broad SMARTS) is 1. The number of hydrogen-bond acceptors (Lipinski definition) is 6. The van der Waals surface area contributed by atoms with Gasteiger partial charge in [-0.3, -0.25) is 9.80 Å². The smallest absolute Gasteiger partial charge is 0.328 e. The molecule has 1 atom stereocenters. The number of piperazine rings is 1. The molecule has 3 aromatic carbocycles. The van der Waals surface area contributed by atoms with E-state index in [4.69, 9.17) is 5.26 Å². The molecule has 7 nitrogen and oxygen atoms in total. The SMILES string of the molecule is CC(C(=O)O)(c1ccc(-c2ccc(O)cc2)cc1)N1CCC(N2CCN(c3ccc(C#N)cc3)CC2)CC1. The Hall–Kier alpha value is -3.86. The number of likely N-dealkylation sites (tertiary alicyclic amines) is 1. The summed E-state index contributed by atoms with van der Waals surface area (Å²) in [4.78, 5) is 19.7. The van der Waals surface area contributed by atoms with Crippen LogP contribution in [0.4, 0.5) is 5.69 Å². The molecule has 1 unspecified atom stereocenters. The van der Waals surface area contributed by atoms with E-state index in [2.05, 4.69) is 20.8 Å². The quantitative estimate of drug-likeness (QED) is 0.504. The monoisotopic (exact) mass is 510 g/mol. The molecule has 7 heteroatoms. The average Bonchev–Trinajstić information content (AvgIpc) is 2.97. The molecular weight excluding hydrogens is 476 g/mol. The molecule has 2 aliphatic rings. The van der Waals surface area contributed by atoms with Crippen LogP contribution in [0, 0.1) is 11.3 Å². The zero-order valence-electron chi connectivity index (χ0n) is 21.8. The normalized spacial score (nSPS) is 19.0. The van der Waals surface area contributed by atoms with Crippen molar-refractivity contribution in [3.05, 3.63) is 83.9 Å². The van der Waals surface area contributed by atoms with Gasteiger partial charge < -0.3 is 15.1 Å². The summed E-state index contributed by atoms with van der Waals surface area (Å²) in [5.41, 5.74) is 3.49. The highest BCUT2D eigenvalue weighted by Crippen LogP contribution is 2.34. The van der Waals surface area contributed by atoms with Crippen LogP contribution in [-0.4, -0.2) is 71.3 Å². The Morgan fingerprint density at radius 2 is 1.39 bits per heavy atom. The zero-order valence-corrected chi connectivity index (χ0v) is 21.8. The maximum absolute atomic E-state index is 12.6. The van der Waals surface area contributed by atoms with Crippen LogP contribution >= 0.6 is 0 Å². The highest BCUT2D eigenvalue weighted by atomic mass is 16.4. The minimum Gasteiger partial charge on any atom is -0.508 e. The van der Waals surface area contributed by atoms with Crippen LogP contribution in [-0.2, 0) is 10.3 Å². The van der Waals surface area contributed by atoms with Crippen LogP contribution in [0.2, 0.25) is 0 Å². The van der Waals surface area contributed by atoms with Gasteiger partial charge in [-0.25, -0.2) is 4.79 Å². The Kier molecular flexibility index (Phi) is 7.37. The number of nitrogens with zero attached hydrogens (tertiary/aromatic N) is 4. The largest absolute Gasteiger partial charge is 0.508 e. The van der Waals surface area contributed by atoms with Gasteiger partial charge in [-0.15, -0.1) is 0 Å². The number of benzene rings is 3. The predicted octanol–water partition coefficient (Wildman–Crippen LogP) is 4.52.